The van der Waals surface area contributed by atoms with Gasteiger partial charge in [0, 0.05) is 6.07 Å². The van der Waals surface area contributed by atoms with Gasteiger partial charge in [-0.1, -0.05) is 12.1 Å². The summed E-state index contributed by atoms with van der Waals surface area (Å²) in [6, 6.07) is 9.26. The van der Waals surface area contributed by atoms with E-state index < -0.39 is 0 Å². The molecule has 5 nitrogen and oxygen atoms in total. The summed E-state index contributed by atoms with van der Waals surface area (Å²) in [5.74, 6) is 0.924. The Kier molecular flexibility index (Phi) is 1.53. The topological polar surface area (TPSA) is 80.7 Å². The van der Waals surface area contributed by atoms with E-state index in [0.29, 0.717) is 17.4 Å². The zero-order valence-corrected chi connectivity index (χ0v) is 7.77. The molecule has 0 bridgehead atoms. The van der Waals surface area contributed by atoms with Crippen molar-refractivity contribution in [2.75, 3.05) is 5.73 Å². The number of nitrogens with one attached hydrogen (secondary N) is 1. The number of benzene rings is 1. The Morgan fingerprint density at radius 1 is 1.27 bits per heavy atom. The normalized spacial score (nSPS) is 10.9. The molecule has 74 valence electrons. The molecule has 3 rings (SSSR count). The summed E-state index contributed by atoms with van der Waals surface area (Å²) in [5, 5.41) is 6.57. The van der Waals surface area contributed by atoms with Gasteiger partial charge in [-0.3, -0.25) is 5.10 Å². The van der Waals surface area contributed by atoms with Crippen molar-refractivity contribution in [3.63, 3.8) is 0 Å². The van der Waals surface area contributed by atoms with E-state index in [-0.39, 0.29) is 0 Å². The van der Waals surface area contributed by atoms with Crippen LogP contribution in [0.1, 0.15) is 0 Å². The number of nitrogens with two attached hydrogens (primary N) is 1. The molecule has 5 heteroatoms. The number of para-hydroxylation sites is 2. The number of nitrogen functional groups attached to an aromatic ring is 1. The molecular weight excluding hydrogens is 192 g/mol. The number of fused-ring (bicyclic) bond motifs is 1. The van der Waals surface area contributed by atoms with E-state index in [1.165, 1.54) is 0 Å². The first kappa shape index (κ1) is 8.05. The number of hydrogen-bond acceptors (Lipinski definition) is 4. The van der Waals surface area contributed by atoms with Crippen molar-refractivity contribution in [2.24, 2.45) is 0 Å². The number of aromatic nitrogens is 3. The van der Waals surface area contributed by atoms with Crippen molar-refractivity contribution in [1.82, 2.24) is 15.2 Å². The lowest BCUT2D eigenvalue weighted by molar-refractivity contribution is 0.616. The molecule has 0 amide bonds. The van der Waals surface area contributed by atoms with Crippen molar-refractivity contribution in [2.45, 2.75) is 0 Å². The molecule has 2 heterocycles. The van der Waals surface area contributed by atoms with Crippen LogP contribution in [-0.2, 0) is 0 Å². The molecule has 15 heavy (non-hydrogen) atoms. The predicted molar refractivity (Wildman–Crippen MR) is 56.0 cm³/mol. The van der Waals surface area contributed by atoms with Crippen LogP contribution in [0.2, 0.25) is 0 Å². The second-order valence-electron chi connectivity index (χ2n) is 3.19. The van der Waals surface area contributed by atoms with E-state index in [4.69, 9.17) is 10.2 Å². The van der Waals surface area contributed by atoms with E-state index in [9.17, 15) is 0 Å². The highest BCUT2D eigenvalue weighted by Crippen LogP contribution is 2.22. The lowest BCUT2D eigenvalue weighted by Crippen LogP contribution is -1.81. The molecule has 0 aliphatic carbocycles. The fraction of sp³-hybridized carbons (Fsp3) is 0. The second kappa shape index (κ2) is 2.84. The summed E-state index contributed by atoms with van der Waals surface area (Å²) in [6.45, 7) is 0. The van der Waals surface area contributed by atoms with Crippen LogP contribution < -0.4 is 5.73 Å². The summed E-state index contributed by atoms with van der Waals surface area (Å²) in [7, 11) is 0. The number of rotatable bonds is 1. The van der Waals surface area contributed by atoms with Crippen LogP contribution in [0.25, 0.3) is 22.7 Å². The van der Waals surface area contributed by atoms with E-state index in [0.717, 1.165) is 11.1 Å². The molecular formula is C10H8N4O. The van der Waals surface area contributed by atoms with Crippen LogP contribution in [0.15, 0.2) is 34.7 Å². The van der Waals surface area contributed by atoms with Gasteiger partial charge in [0.25, 0.3) is 0 Å². The first-order chi connectivity index (χ1) is 7.33. The number of oxazole rings is 1. The van der Waals surface area contributed by atoms with Crippen LogP contribution in [-0.4, -0.2) is 15.2 Å². The third kappa shape index (κ3) is 1.25. The molecule has 1 aromatic carbocycles. The zero-order valence-electron chi connectivity index (χ0n) is 7.77. The summed E-state index contributed by atoms with van der Waals surface area (Å²) in [5.41, 5.74) is 7.75. The van der Waals surface area contributed by atoms with Gasteiger partial charge >= 0.3 is 0 Å². The van der Waals surface area contributed by atoms with Gasteiger partial charge < -0.3 is 10.2 Å². The molecule has 0 unspecified atom stereocenters. The van der Waals surface area contributed by atoms with Crippen molar-refractivity contribution < 1.29 is 4.42 Å². The Labute approximate surface area is 84.9 Å². The standard InChI is InChI=1S/C10H8N4O/c11-9-5-7(13-14-9)10-12-6-3-1-2-4-8(6)15-10/h1-5H,(H3,11,13,14). The maximum absolute atomic E-state index is 5.53. The van der Waals surface area contributed by atoms with Crippen molar-refractivity contribution in [1.29, 1.82) is 0 Å². The summed E-state index contributed by atoms with van der Waals surface area (Å²) >= 11 is 0. The quantitative estimate of drug-likeness (QED) is 0.627. The number of nitrogens with zero attached hydrogens (tertiary/aromatic N) is 2. The van der Waals surface area contributed by atoms with Crippen LogP contribution in [0.5, 0.6) is 0 Å². The molecule has 0 saturated carbocycles. The fourth-order valence-electron chi connectivity index (χ4n) is 1.43. The van der Waals surface area contributed by atoms with E-state index >= 15 is 0 Å². The monoisotopic (exact) mass is 200 g/mol. The highest BCUT2D eigenvalue weighted by atomic mass is 16.3. The van der Waals surface area contributed by atoms with Gasteiger partial charge in [-0.15, -0.1) is 0 Å². The Bertz CT molecular complexity index is 577. The van der Waals surface area contributed by atoms with Crippen LogP contribution in [0, 0.1) is 0 Å². The number of H-pyrrole nitrogens is 1. The molecule has 0 saturated heterocycles. The molecule has 0 spiro atoms. The van der Waals surface area contributed by atoms with Crippen molar-refractivity contribution in [3.8, 4) is 11.6 Å². The van der Waals surface area contributed by atoms with E-state index in [1.807, 2.05) is 24.3 Å². The molecule has 0 aliphatic rings. The molecule has 3 N–H and O–H groups in total. The Morgan fingerprint density at radius 2 is 2.13 bits per heavy atom. The van der Waals surface area contributed by atoms with Crippen molar-refractivity contribution >= 4 is 16.9 Å². The lowest BCUT2D eigenvalue weighted by Gasteiger charge is -1.84. The molecule has 2 aromatic heterocycles. The maximum atomic E-state index is 5.53. The maximum Gasteiger partial charge on any atom is 0.245 e. The first-order valence-electron chi connectivity index (χ1n) is 4.50. The van der Waals surface area contributed by atoms with Crippen molar-refractivity contribution in [3.05, 3.63) is 30.3 Å². The van der Waals surface area contributed by atoms with Gasteiger partial charge in [0.05, 0.1) is 0 Å². The summed E-state index contributed by atoms with van der Waals surface area (Å²) in [6.07, 6.45) is 0. The molecule has 0 radical (unpaired) electrons. The highest BCUT2D eigenvalue weighted by Gasteiger charge is 2.09. The van der Waals surface area contributed by atoms with Gasteiger partial charge in [0.2, 0.25) is 5.89 Å². The first-order valence-corrected chi connectivity index (χ1v) is 4.50. The fourth-order valence-corrected chi connectivity index (χ4v) is 1.43. The van der Waals surface area contributed by atoms with Crippen LogP contribution in [0.3, 0.4) is 0 Å². The van der Waals surface area contributed by atoms with Gasteiger partial charge in [-0.25, -0.2) is 4.98 Å². The second-order valence-corrected chi connectivity index (χ2v) is 3.19. The van der Waals surface area contributed by atoms with E-state index in [1.54, 1.807) is 6.07 Å². The Hall–Kier alpha value is -2.30. The number of anilines is 1. The van der Waals surface area contributed by atoms with Gasteiger partial charge in [-0.05, 0) is 12.1 Å². The molecule has 3 aromatic rings. The predicted octanol–water partition coefficient (Wildman–Crippen LogP) is 1.80. The van der Waals surface area contributed by atoms with Crippen LogP contribution in [0.4, 0.5) is 5.82 Å². The van der Waals surface area contributed by atoms with Gasteiger partial charge in [-0.2, -0.15) is 5.10 Å². The third-order valence-electron chi connectivity index (χ3n) is 2.12. The average molecular weight is 200 g/mol. The van der Waals surface area contributed by atoms with Crippen LogP contribution >= 0.6 is 0 Å². The lowest BCUT2D eigenvalue weighted by atomic mass is 10.3. The minimum absolute atomic E-state index is 0.423. The smallest absolute Gasteiger partial charge is 0.245 e. The molecule has 0 aliphatic heterocycles. The largest absolute Gasteiger partial charge is 0.435 e. The average Bonchev–Trinajstić information content (AvgIpc) is 2.82. The SMILES string of the molecule is Nc1cc(-c2nc3ccccc3o2)[nH]n1. The summed E-state index contributed by atoms with van der Waals surface area (Å²) < 4.78 is 5.53. The summed E-state index contributed by atoms with van der Waals surface area (Å²) in [4.78, 5) is 4.30. The Morgan fingerprint density at radius 3 is 2.87 bits per heavy atom. The highest BCUT2D eigenvalue weighted by molar-refractivity contribution is 5.75. The minimum atomic E-state index is 0.423. The van der Waals surface area contributed by atoms with E-state index in [2.05, 4.69) is 15.2 Å². The zero-order chi connectivity index (χ0) is 10.3. The molecule has 0 fully saturated rings. The minimum Gasteiger partial charge on any atom is -0.435 e. The number of hydrogen-bond donors (Lipinski definition) is 2. The van der Waals surface area contributed by atoms with Gasteiger partial charge in [0.15, 0.2) is 5.58 Å². The Balaban J connectivity index is 2.19. The van der Waals surface area contributed by atoms with Gasteiger partial charge in [0.1, 0.15) is 17.0 Å². The number of aromatic amines is 1. The molecule has 0 atom stereocenters. The third-order valence-corrected chi connectivity index (χ3v) is 2.12.